The SMILES string of the molecule is CCNC(c1cnc(C)s1)C1CCOC2(CCSC2)C1. The van der Waals surface area contributed by atoms with Crippen molar-refractivity contribution in [3.63, 3.8) is 0 Å². The highest BCUT2D eigenvalue weighted by Crippen LogP contribution is 2.44. The van der Waals surface area contributed by atoms with Crippen LogP contribution < -0.4 is 5.32 Å². The fourth-order valence-electron chi connectivity index (χ4n) is 3.45. The number of hydrogen-bond acceptors (Lipinski definition) is 5. The Labute approximate surface area is 129 Å². The van der Waals surface area contributed by atoms with E-state index in [0.717, 1.165) is 13.2 Å². The molecule has 0 aromatic carbocycles. The van der Waals surface area contributed by atoms with E-state index in [9.17, 15) is 0 Å². The maximum absolute atomic E-state index is 6.17. The van der Waals surface area contributed by atoms with Crippen LogP contribution in [0.2, 0.25) is 0 Å². The highest BCUT2D eigenvalue weighted by Gasteiger charge is 2.42. The summed E-state index contributed by atoms with van der Waals surface area (Å²) in [6.45, 7) is 6.23. The second-order valence-corrected chi connectivity index (χ2v) is 8.28. The van der Waals surface area contributed by atoms with Crippen LogP contribution >= 0.6 is 23.1 Å². The van der Waals surface area contributed by atoms with Crippen LogP contribution in [0.3, 0.4) is 0 Å². The van der Waals surface area contributed by atoms with E-state index in [1.165, 1.54) is 40.7 Å². The first-order valence-corrected chi connectivity index (χ1v) is 9.57. The van der Waals surface area contributed by atoms with Crippen LogP contribution in [0.5, 0.6) is 0 Å². The van der Waals surface area contributed by atoms with Gasteiger partial charge in [-0.05, 0) is 44.4 Å². The average Bonchev–Trinajstić information content (AvgIpc) is 3.06. The van der Waals surface area contributed by atoms with Crippen molar-refractivity contribution in [2.45, 2.75) is 44.8 Å². The third-order valence-corrected chi connectivity index (χ3v) is 6.66. The molecule has 0 saturated carbocycles. The van der Waals surface area contributed by atoms with Gasteiger partial charge in [-0.15, -0.1) is 11.3 Å². The van der Waals surface area contributed by atoms with Crippen LogP contribution in [-0.2, 0) is 4.74 Å². The van der Waals surface area contributed by atoms with Crippen molar-refractivity contribution in [2.24, 2.45) is 5.92 Å². The van der Waals surface area contributed by atoms with E-state index in [2.05, 4.69) is 42.1 Å². The van der Waals surface area contributed by atoms with Crippen molar-refractivity contribution in [1.29, 1.82) is 0 Å². The normalized spacial score (nSPS) is 31.8. The van der Waals surface area contributed by atoms with Crippen LogP contribution in [0.4, 0.5) is 0 Å². The Hall–Kier alpha value is -0.100. The van der Waals surface area contributed by atoms with E-state index in [-0.39, 0.29) is 5.60 Å². The number of aromatic nitrogens is 1. The monoisotopic (exact) mass is 312 g/mol. The number of thioether (sulfide) groups is 1. The Bertz CT molecular complexity index is 443. The molecule has 2 fully saturated rings. The van der Waals surface area contributed by atoms with Crippen LogP contribution in [0.25, 0.3) is 0 Å². The summed E-state index contributed by atoms with van der Waals surface area (Å²) in [6, 6.07) is 0.456. The van der Waals surface area contributed by atoms with E-state index in [4.69, 9.17) is 4.74 Å². The number of nitrogens with one attached hydrogen (secondary N) is 1. The molecule has 0 aliphatic carbocycles. The molecule has 1 N–H and O–H groups in total. The largest absolute Gasteiger partial charge is 0.374 e. The van der Waals surface area contributed by atoms with Gasteiger partial charge in [-0.2, -0.15) is 11.8 Å². The number of aryl methyl sites for hydroxylation is 1. The third-order valence-electron chi connectivity index (χ3n) is 4.44. The average molecular weight is 313 g/mol. The summed E-state index contributed by atoms with van der Waals surface area (Å²) in [5.41, 5.74) is 0.168. The predicted molar refractivity (Wildman–Crippen MR) is 86.6 cm³/mol. The maximum Gasteiger partial charge on any atom is 0.0897 e. The summed E-state index contributed by atoms with van der Waals surface area (Å²) in [5.74, 6) is 3.13. The second-order valence-electron chi connectivity index (χ2n) is 5.90. The summed E-state index contributed by atoms with van der Waals surface area (Å²) >= 11 is 3.89. The zero-order chi connectivity index (χ0) is 14.0. The van der Waals surface area contributed by atoms with Crippen LogP contribution in [0, 0.1) is 12.8 Å². The Balaban J connectivity index is 1.76. The molecule has 20 heavy (non-hydrogen) atoms. The predicted octanol–water partition coefficient (Wildman–Crippen LogP) is 3.40. The van der Waals surface area contributed by atoms with Gasteiger partial charge in [-0.3, -0.25) is 0 Å². The molecule has 3 unspecified atom stereocenters. The summed E-state index contributed by atoms with van der Waals surface area (Å²) in [7, 11) is 0. The molecule has 5 heteroatoms. The van der Waals surface area contributed by atoms with Crippen molar-refractivity contribution in [1.82, 2.24) is 10.3 Å². The minimum Gasteiger partial charge on any atom is -0.374 e. The molecule has 2 aliphatic heterocycles. The Morgan fingerprint density at radius 1 is 1.60 bits per heavy atom. The molecule has 112 valence electrons. The standard InChI is InChI=1S/C15H24N2OS2/c1-3-16-14(13-9-17-11(2)20-13)12-4-6-18-15(8-12)5-7-19-10-15/h9,12,14,16H,3-8,10H2,1-2H3. The minimum absolute atomic E-state index is 0.168. The van der Waals surface area contributed by atoms with Gasteiger partial charge in [0.05, 0.1) is 10.6 Å². The number of thiazole rings is 1. The highest BCUT2D eigenvalue weighted by atomic mass is 32.2. The summed E-state index contributed by atoms with van der Waals surface area (Å²) in [5, 5.41) is 4.86. The van der Waals surface area contributed by atoms with Gasteiger partial charge in [-0.25, -0.2) is 4.98 Å². The van der Waals surface area contributed by atoms with Crippen molar-refractivity contribution in [3.8, 4) is 0 Å². The van der Waals surface area contributed by atoms with Crippen molar-refractivity contribution >= 4 is 23.1 Å². The first-order chi connectivity index (χ1) is 9.72. The third kappa shape index (κ3) is 3.06. The van der Waals surface area contributed by atoms with Gasteiger partial charge in [0.1, 0.15) is 0 Å². The molecule has 3 nitrogen and oxygen atoms in total. The lowest BCUT2D eigenvalue weighted by Crippen LogP contribution is -2.43. The van der Waals surface area contributed by atoms with E-state index in [1.54, 1.807) is 0 Å². The quantitative estimate of drug-likeness (QED) is 0.924. The molecule has 1 aromatic heterocycles. The highest BCUT2D eigenvalue weighted by molar-refractivity contribution is 7.99. The molecule has 0 amide bonds. The molecule has 0 bridgehead atoms. The maximum atomic E-state index is 6.17. The molecule has 3 heterocycles. The molecular formula is C15H24N2OS2. The lowest BCUT2D eigenvalue weighted by atomic mass is 9.81. The van der Waals surface area contributed by atoms with E-state index >= 15 is 0 Å². The molecule has 2 aliphatic rings. The zero-order valence-electron chi connectivity index (χ0n) is 12.4. The number of hydrogen-bond donors (Lipinski definition) is 1. The van der Waals surface area contributed by atoms with Gasteiger partial charge >= 0.3 is 0 Å². The van der Waals surface area contributed by atoms with Crippen LogP contribution in [-0.4, -0.2) is 35.2 Å². The molecule has 1 aromatic rings. The van der Waals surface area contributed by atoms with Gasteiger partial charge in [0.2, 0.25) is 0 Å². The Morgan fingerprint density at radius 2 is 2.50 bits per heavy atom. The zero-order valence-corrected chi connectivity index (χ0v) is 14.0. The fraction of sp³-hybridized carbons (Fsp3) is 0.800. The number of nitrogens with zero attached hydrogens (tertiary/aromatic N) is 1. The summed E-state index contributed by atoms with van der Waals surface area (Å²) < 4.78 is 6.17. The van der Waals surface area contributed by atoms with E-state index in [0.29, 0.717) is 12.0 Å². The van der Waals surface area contributed by atoms with Gasteiger partial charge in [-0.1, -0.05) is 6.92 Å². The minimum atomic E-state index is 0.168. The molecule has 3 atom stereocenters. The Kier molecular flexibility index (Phi) is 4.70. The summed E-state index contributed by atoms with van der Waals surface area (Å²) in [4.78, 5) is 5.85. The smallest absolute Gasteiger partial charge is 0.0897 e. The first kappa shape index (κ1) is 14.8. The molecule has 1 spiro atoms. The topological polar surface area (TPSA) is 34.2 Å². The molecular weight excluding hydrogens is 288 g/mol. The Morgan fingerprint density at radius 3 is 3.15 bits per heavy atom. The van der Waals surface area contributed by atoms with Gasteiger partial charge in [0.25, 0.3) is 0 Å². The fourth-order valence-corrected chi connectivity index (χ4v) is 5.79. The van der Waals surface area contributed by atoms with Crippen LogP contribution in [0.1, 0.15) is 42.1 Å². The lowest BCUT2D eigenvalue weighted by molar-refractivity contribution is -0.0851. The summed E-state index contributed by atoms with van der Waals surface area (Å²) in [6.07, 6.45) is 5.67. The second kappa shape index (κ2) is 6.34. The molecule has 2 saturated heterocycles. The van der Waals surface area contributed by atoms with Gasteiger partial charge < -0.3 is 10.1 Å². The van der Waals surface area contributed by atoms with Crippen LogP contribution in [0.15, 0.2) is 6.20 Å². The van der Waals surface area contributed by atoms with Gasteiger partial charge in [0, 0.05) is 29.5 Å². The first-order valence-electron chi connectivity index (χ1n) is 7.60. The number of ether oxygens (including phenoxy) is 1. The molecule has 0 radical (unpaired) electrons. The molecule has 3 rings (SSSR count). The lowest BCUT2D eigenvalue weighted by Gasteiger charge is -2.40. The van der Waals surface area contributed by atoms with E-state index in [1.807, 2.05) is 11.3 Å². The van der Waals surface area contributed by atoms with Crippen molar-refractivity contribution < 1.29 is 4.74 Å². The van der Waals surface area contributed by atoms with Crippen molar-refractivity contribution in [3.05, 3.63) is 16.1 Å². The van der Waals surface area contributed by atoms with E-state index < -0.39 is 0 Å². The van der Waals surface area contributed by atoms with Gasteiger partial charge in [0.15, 0.2) is 0 Å². The number of rotatable bonds is 4. The van der Waals surface area contributed by atoms with Crippen molar-refractivity contribution in [2.75, 3.05) is 24.7 Å².